The second kappa shape index (κ2) is 15.3. The van der Waals surface area contributed by atoms with Crippen LogP contribution in [0.3, 0.4) is 0 Å². The van der Waals surface area contributed by atoms with Crippen LogP contribution in [0.25, 0.3) is 98.4 Å². The summed E-state index contributed by atoms with van der Waals surface area (Å²) in [6.07, 6.45) is 0. The van der Waals surface area contributed by atoms with E-state index in [9.17, 15) is 0 Å². The van der Waals surface area contributed by atoms with Gasteiger partial charge in [0, 0.05) is 65.8 Å². The lowest BCUT2D eigenvalue weighted by Gasteiger charge is -2.28. The van der Waals surface area contributed by atoms with Gasteiger partial charge < -0.3 is 18.6 Å². The summed E-state index contributed by atoms with van der Waals surface area (Å²) in [6.45, 7) is 2.22. The molecule has 0 aliphatic carbocycles. The molecule has 4 heteroatoms. The van der Waals surface area contributed by atoms with Crippen molar-refractivity contribution in [2.75, 3.05) is 9.80 Å². The van der Waals surface area contributed by atoms with Gasteiger partial charge in [-0.3, -0.25) is 0 Å². The first-order valence-electron chi connectivity index (χ1n) is 24.5. The van der Waals surface area contributed by atoms with Gasteiger partial charge in [-0.15, -0.1) is 0 Å². The van der Waals surface area contributed by atoms with Gasteiger partial charge in [0.05, 0.1) is 44.5 Å². The maximum Gasteiger partial charge on any atom is 0.0641 e. The Bertz CT molecular complexity index is 4530. The van der Waals surface area contributed by atoms with Gasteiger partial charge in [0.2, 0.25) is 0 Å². The van der Waals surface area contributed by atoms with E-state index in [1.165, 1.54) is 104 Å². The zero-order chi connectivity index (χ0) is 46.7. The van der Waals surface area contributed by atoms with E-state index in [1.807, 2.05) is 0 Å². The highest BCUT2D eigenvalue weighted by molar-refractivity contribution is 6.32. The molecule has 0 saturated carbocycles. The smallest absolute Gasteiger partial charge is 0.0641 e. The number of hydrogen-bond acceptors (Lipinski definition) is 2. The second-order valence-electron chi connectivity index (χ2n) is 18.9. The summed E-state index contributed by atoms with van der Waals surface area (Å²) in [5, 5.41) is 9.96. The number of fused-ring (bicyclic) bond motifs is 12. The van der Waals surface area contributed by atoms with Crippen LogP contribution >= 0.6 is 0 Å². The molecule has 0 atom stereocenters. The molecule has 4 nitrogen and oxygen atoms in total. The summed E-state index contributed by atoms with van der Waals surface area (Å²) in [6, 6.07) is 91.3. The Morgan fingerprint density at radius 1 is 0.268 bits per heavy atom. The number of aryl methyl sites for hydroxylation is 1. The predicted molar refractivity (Wildman–Crippen MR) is 301 cm³/mol. The molecule has 0 saturated heterocycles. The Morgan fingerprint density at radius 3 is 1.23 bits per heavy atom. The average molecular weight is 905 g/mol. The molecule has 15 rings (SSSR count). The largest absolute Gasteiger partial charge is 0.310 e. The lowest BCUT2D eigenvalue weighted by molar-refractivity contribution is 1.26. The van der Waals surface area contributed by atoms with E-state index in [2.05, 4.69) is 274 Å². The number of anilines is 6. The number of rotatable bonds is 8. The Kier molecular flexibility index (Phi) is 8.54. The Morgan fingerprint density at radius 2 is 0.690 bits per heavy atom. The average Bonchev–Trinajstić information content (AvgIpc) is 4.17. The molecule has 0 aliphatic heterocycles. The van der Waals surface area contributed by atoms with E-state index in [0.717, 1.165) is 34.1 Å². The first-order chi connectivity index (χ1) is 35.2. The maximum atomic E-state index is 2.55. The molecule has 332 valence electrons. The van der Waals surface area contributed by atoms with Crippen LogP contribution in [-0.2, 0) is 0 Å². The third kappa shape index (κ3) is 5.79. The van der Waals surface area contributed by atoms with Crippen LogP contribution < -0.4 is 9.80 Å². The van der Waals surface area contributed by atoms with Crippen LogP contribution in [0.5, 0.6) is 0 Å². The second-order valence-corrected chi connectivity index (χ2v) is 18.9. The summed E-state index contributed by atoms with van der Waals surface area (Å²) >= 11 is 0. The molecule has 4 heterocycles. The first-order valence-corrected chi connectivity index (χ1v) is 24.5. The molecule has 0 unspecified atom stereocenters. The number of hydrogen-bond donors (Lipinski definition) is 0. The molecule has 0 bridgehead atoms. The minimum atomic E-state index is 1.11. The standard InChI is InChI=1S/C67H44N4/c1-43-19-11-14-32-57(43)69(50-29-18-25-47(40-50)45-22-7-3-8-23-45)61-38-36-52-56-42-62-55(41-63(56)71-59-34-16-13-31-54(59)65(61)67(52)71)51-35-37-60(64-53-30-12-15-33-58(53)70(62)66(51)64)68(48-26-9-4-10-27-48)49-28-17-24-46(39-49)44-20-5-2-6-21-44/h2-42H,1H3. The zero-order valence-electron chi connectivity index (χ0n) is 39.0. The molecule has 0 amide bonds. The van der Waals surface area contributed by atoms with Gasteiger partial charge in [-0.05, 0) is 114 Å². The van der Waals surface area contributed by atoms with Gasteiger partial charge in [0.15, 0.2) is 0 Å². The molecule has 0 radical (unpaired) electrons. The SMILES string of the molecule is Cc1ccccc1N(c1cccc(-c2ccccc2)c1)c1ccc2c3cc4c(cc3n3c5ccccc5c1c23)c1ccc(N(c2ccccc2)c2cccc(-c3ccccc3)c2)c2c3ccccc3n4c12. The lowest BCUT2D eigenvalue weighted by Crippen LogP contribution is -2.11. The molecule has 71 heavy (non-hydrogen) atoms. The minimum absolute atomic E-state index is 1.11. The Labute approximate surface area is 410 Å². The monoisotopic (exact) mass is 904 g/mol. The molecule has 11 aromatic carbocycles. The molecular weight excluding hydrogens is 861 g/mol. The number of nitrogens with zero attached hydrogens (tertiary/aromatic N) is 4. The first kappa shape index (κ1) is 39.6. The lowest BCUT2D eigenvalue weighted by atomic mass is 10.0. The third-order valence-corrected chi connectivity index (χ3v) is 15.0. The van der Waals surface area contributed by atoms with E-state index in [1.54, 1.807) is 0 Å². The van der Waals surface area contributed by atoms with E-state index < -0.39 is 0 Å². The van der Waals surface area contributed by atoms with Crippen LogP contribution in [0.2, 0.25) is 0 Å². The van der Waals surface area contributed by atoms with Crippen LogP contribution in [0.1, 0.15) is 5.56 Å². The summed E-state index contributed by atoms with van der Waals surface area (Å²) in [4.78, 5) is 4.92. The highest BCUT2D eigenvalue weighted by Crippen LogP contribution is 2.52. The Hall–Kier alpha value is -9.38. The quantitative estimate of drug-likeness (QED) is 0.151. The van der Waals surface area contributed by atoms with Crippen molar-refractivity contribution in [2.45, 2.75) is 6.92 Å². The topological polar surface area (TPSA) is 15.3 Å². The zero-order valence-corrected chi connectivity index (χ0v) is 39.0. The molecule has 15 aromatic rings. The van der Waals surface area contributed by atoms with E-state index >= 15 is 0 Å². The van der Waals surface area contributed by atoms with Gasteiger partial charge in [0.25, 0.3) is 0 Å². The van der Waals surface area contributed by atoms with Crippen molar-refractivity contribution >= 4 is 110 Å². The normalized spacial score (nSPS) is 12.0. The Balaban J connectivity index is 0.994. The van der Waals surface area contributed by atoms with Crippen molar-refractivity contribution in [3.05, 3.63) is 254 Å². The number of para-hydroxylation sites is 4. The van der Waals surface area contributed by atoms with Crippen molar-refractivity contribution in [3.8, 4) is 22.3 Å². The van der Waals surface area contributed by atoms with Gasteiger partial charge in [-0.2, -0.15) is 0 Å². The van der Waals surface area contributed by atoms with E-state index in [4.69, 9.17) is 0 Å². The number of benzene rings is 11. The molecular formula is C67H44N4. The number of aromatic nitrogens is 2. The van der Waals surface area contributed by atoms with E-state index in [0.29, 0.717) is 0 Å². The van der Waals surface area contributed by atoms with Crippen LogP contribution in [0.15, 0.2) is 249 Å². The molecule has 0 aliphatic rings. The van der Waals surface area contributed by atoms with Crippen LogP contribution in [0, 0.1) is 6.92 Å². The fourth-order valence-electron chi connectivity index (χ4n) is 12.0. The fourth-order valence-corrected chi connectivity index (χ4v) is 12.0. The summed E-state index contributed by atoms with van der Waals surface area (Å²) in [7, 11) is 0. The van der Waals surface area contributed by atoms with Crippen molar-refractivity contribution in [2.24, 2.45) is 0 Å². The van der Waals surface area contributed by atoms with Gasteiger partial charge >= 0.3 is 0 Å². The minimum Gasteiger partial charge on any atom is -0.310 e. The summed E-state index contributed by atoms with van der Waals surface area (Å²) < 4.78 is 5.09. The van der Waals surface area contributed by atoms with Gasteiger partial charge in [0.1, 0.15) is 0 Å². The predicted octanol–water partition coefficient (Wildman–Crippen LogP) is 18.6. The fraction of sp³-hybridized carbons (Fsp3) is 0.0149. The van der Waals surface area contributed by atoms with Crippen LogP contribution in [0.4, 0.5) is 34.1 Å². The summed E-state index contributed by atoms with van der Waals surface area (Å²) in [5.74, 6) is 0. The summed E-state index contributed by atoms with van der Waals surface area (Å²) in [5.41, 5.74) is 20.1. The molecule has 4 aromatic heterocycles. The van der Waals surface area contributed by atoms with Crippen LogP contribution in [-0.4, -0.2) is 8.80 Å². The van der Waals surface area contributed by atoms with Crippen molar-refractivity contribution in [1.82, 2.24) is 8.80 Å². The van der Waals surface area contributed by atoms with Gasteiger partial charge in [-0.25, -0.2) is 0 Å². The highest BCUT2D eigenvalue weighted by atomic mass is 15.2. The molecule has 0 N–H and O–H groups in total. The maximum absolute atomic E-state index is 2.55. The van der Waals surface area contributed by atoms with Crippen molar-refractivity contribution in [3.63, 3.8) is 0 Å². The highest BCUT2D eigenvalue weighted by Gasteiger charge is 2.28. The third-order valence-electron chi connectivity index (χ3n) is 15.0. The van der Waals surface area contributed by atoms with E-state index in [-0.39, 0.29) is 0 Å². The van der Waals surface area contributed by atoms with Crippen molar-refractivity contribution in [1.29, 1.82) is 0 Å². The molecule has 0 fully saturated rings. The molecule has 0 spiro atoms. The van der Waals surface area contributed by atoms with Gasteiger partial charge in [-0.1, -0.05) is 170 Å². The van der Waals surface area contributed by atoms with Crippen molar-refractivity contribution < 1.29 is 0 Å².